The highest BCUT2D eigenvalue weighted by Crippen LogP contribution is 2.16. The lowest BCUT2D eigenvalue weighted by Gasteiger charge is -2.26. The summed E-state index contributed by atoms with van der Waals surface area (Å²) in [5.74, 6) is 0.201. The highest BCUT2D eigenvalue weighted by Gasteiger charge is 2.27. The molecule has 56 valence electrons. The first-order chi connectivity index (χ1) is 4.61. The molecule has 1 rings (SSSR count). The van der Waals surface area contributed by atoms with E-state index in [0.29, 0.717) is 5.76 Å². The molecular formula is C7H10O3. The van der Waals surface area contributed by atoms with Gasteiger partial charge in [-0.1, -0.05) is 6.58 Å². The molecule has 0 unspecified atom stereocenters. The van der Waals surface area contributed by atoms with Crippen molar-refractivity contribution in [3.05, 3.63) is 12.3 Å². The zero-order valence-corrected chi connectivity index (χ0v) is 6.09. The topological polar surface area (TPSA) is 35.5 Å². The van der Waals surface area contributed by atoms with Crippen molar-refractivity contribution in [1.29, 1.82) is 0 Å². The molecule has 3 nitrogen and oxygen atoms in total. The Bertz CT molecular complexity index is 154. The first-order valence-electron chi connectivity index (χ1n) is 3.17. The molecule has 0 aromatic heterocycles. The van der Waals surface area contributed by atoms with Gasteiger partial charge >= 0.3 is 5.97 Å². The molecule has 0 aromatic rings. The summed E-state index contributed by atoms with van der Waals surface area (Å²) in [6.07, 6.45) is -0.799. The van der Waals surface area contributed by atoms with Crippen LogP contribution in [0, 0.1) is 0 Å². The zero-order valence-electron chi connectivity index (χ0n) is 6.09. The molecular weight excluding hydrogens is 132 g/mol. The molecule has 0 N–H and O–H groups in total. The third kappa shape index (κ3) is 1.12. The minimum absolute atomic E-state index is 0.302. The monoisotopic (exact) mass is 142 g/mol. The fourth-order valence-corrected chi connectivity index (χ4v) is 0.707. The van der Waals surface area contributed by atoms with Crippen molar-refractivity contribution in [3.63, 3.8) is 0 Å². The highest BCUT2D eigenvalue weighted by atomic mass is 16.6. The van der Waals surface area contributed by atoms with Crippen LogP contribution in [0.3, 0.4) is 0 Å². The van der Waals surface area contributed by atoms with E-state index in [4.69, 9.17) is 9.47 Å². The average Bonchev–Trinajstić information content (AvgIpc) is 1.84. The van der Waals surface area contributed by atoms with Crippen LogP contribution >= 0.6 is 0 Å². The standard InChI is InChI=1S/C7H10O3/c1-4-5(2)10-7(8)6(3)9-4/h5-6H,1H2,2-3H3/t5-,6-/m0/s1. The quantitative estimate of drug-likeness (QED) is 0.470. The maximum Gasteiger partial charge on any atom is 0.347 e. The molecule has 10 heavy (non-hydrogen) atoms. The molecule has 1 aliphatic heterocycles. The Morgan fingerprint density at radius 1 is 1.30 bits per heavy atom. The van der Waals surface area contributed by atoms with Gasteiger partial charge in [0.15, 0.2) is 12.2 Å². The number of esters is 1. The normalized spacial score (nSPS) is 33.0. The summed E-state index contributed by atoms with van der Waals surface area (Å²) in [6.45, 7) is 6.95. The van der Waals surface area contributed by atoms with Gasteiger partial charge in [0.05, 0.1) is 0 Å². The highest BCUT2D eigenvalue weighted by molar-refractivity contribution is 5.75. The molecule has 0 aliphatic carbocycles. The van der Waals surface area contributed by atoms with E-state index in [0.717, 1.165) is 0 Å². The van der Waals surface area contributed by atoms with E-state index < -0.39 is 6.10 Å². The summed E-state index contributed by atoms with van der Waals surface area (Å²) in [5, 5.41) is 0. The zero-order chi connectivity index (χ0) is 7.72. The van der Waals surface area contributed by atoms with Crippen molar-refractivity contribution < 1.29 is 14.3 Å². The molecule has 1 fully saturated rings. The minimum atomic E-state index is -0.497. The van der Waals surface area contributed by atoms with Gasteiger partial charge in [0.25, 0.3) is 0 Å². The van der Waals surface area contributed by atoms with Crippen LogP contribution in [0.1, 0.15) is 13.8 Å². The fraction of sp³-hybridized carbons (Fsp3) is 0.571. The molecule has 3 heteroatoms. The van der Waals surface area contributed by atoms with Crippen molar-refractivity contribution in [3.8, 4) is 0 Å². The van der Waals surface area contributed by atoms with Gasteiger partial charge in [0.1, 0.15) is 5.76 Å². The first kappa shape index (κ1) is 7.12. The van der Waals surface area contributed by atoms with Crippen molar-refractivity contribution in [1.82, 2.24) is 0 Å². The molecule has 2 atom stereocenters. The van der Waals surface area contributed by atoms with Crippen LogP contribution in [0.2, 0.25) is 0 Å². The SMILES string of the molecule is C=C1O[C@@H](C)C(=O)O[C@H]1C. The Kier molecular flexibility index (Phi) is 1.66. The molecule has 1 aliphatic rings. The van der Waals surface area contributed by atoms with E-state index in [1.54, 1.807) is 13.8 Å². The number of rotatable bonds is 0. The molecule has 0 amide bonds. The molecule has 0 saturated carbocycles. The third-order valence-electron chi connectivity index (χ3n) is 1.41. The van der Waals surface area contributed by atoms with Crippen molar-refractivity contribution in [2.45, 2.75) is 26.1 Å². The minimum Gasteiger partial charge on any atom is -0.480 e. The Morgan fingerprint density at radius 2 is 1.90 bits per heavy atom. The third-order valence-corrected chi connectivity index (χ3v) is 1.41. The Labute approximate surface area is 59.6 Å². The lowest BCUT2D eigenvalue weighted by atomic mass is 10.3. The van der Waals surface area contributed by atoms with E-state index in [1.807, 2.05) is 0 Å². The van der Waals surface area contributed by atoms with Gasteiger partial charge in [-0.05, 0) is 13.8 Å². The Balaban J connectivity index is 2.63. The molecule has 0 bridgehead atoms. The predicted octanol–water partition coefficient (Wildman–Crippen LogP) is 0.850. The van der Waals surface area contributed by atoms with Crippen molar-refractivity contribution in [2.24, 2.45) is 0 Å². The van der Waals surface area contributed by atoms with Crippen LogP contribution in [0.25, 0.3) is 0 Å². The number of ether oxygens (including phenoxy) is 2. The second-order valence-electron chi connectivity index (χ2n) is 2.31. The molecule has 0 aromatic carbocycles. The van der Waals surface area contributed by atoms with Gasteiger partial charge in [-0.15, -0.1) is 0 Å². The van der Waals surface area contributed by atoms with Crippen LogP contribution in [0.15, 0.2) is 12.3 Å². The van der Waals surface area contributed by atoms with Crippen LogP contribution in [-0.4, -0.2) is 18.2 Å². The van der Waals surface area contributed by atoms with Crippen molar-refractivity contribution >= 4 is 5.97 Å². The van der Waals surface area contributed by atoms with Gasteiger partial charge in [-0.2, -0.15) is 0 Å². The second-order valence-corrected chi connectivity index (χ2v) is 2.31. The predicted molar refractivity (Wildman–Crippen MR) is 35.2 cm³/mol. The van der Waals surface area contributed by atoms with Gasteiger partial charge in [-0.25, -0.2) is 4.79 Å². The van der Waals surface area contributed by atoms with Crippen LogP contribution in [-0.2, 0) is 14.3 Å². The summed E-state index contributed by atoms with van der Waals surface area (Å²) >= 11 is 0. The number of carbonyl (C=O) groups excluding carboxylic acids is 1. The maximum absolute atomic E-state index is 10.8. The van der Waals surface area contributed by atoms with Crippen molar-refractivity contribution in [2.75, 3.05) is 0 Å². The maximum atomic E-state index is 10.8. The summed E-state index contributed by atoms with van der Waals surface area (Å²) in [5.41, 5.74) is 0. The number of cyclic esters (lactones) is 1. The van der Waals surface area contributed by atoms with Gasteiger partial charge in [-0.3, -0.25) is 0 Å². The largest absolute Gasteiger partial charge is 0.480 e. The average molecular weight is 142 g/mol. The summed E-state index contributed by atoms with van der Waals surface area (Å²) in [7, 11) is 0. The number of hydrogen-bond acceptors (Lipinski definition) is 3. The van der Waals surface area contributed by atoms with Gasteiger partial charge in [0.2, 0.25) is 0 Å². The Hall–Kier alpha value is -0.990. The van der Waals surface area contributed by atoms with Gasteiger partial charge < -0.3 is 9.47 Å². The fourth-order valence-electron chi connectivity index (χ4n) is 0.707. The summed E-state index contributed by atoms with van der Waals surface area (Å²) < 4.78 is 9.89. The molecule has 0 spiro atoms. The molecule has 0 radical (unpaired) electrons. The second kappa shape index (κ2) is 2.33. The Morgan fingerprint density at radius 3 is 2.40 bits per heavy atom. The van der Waals surface area contributed by atoms with Gasteiger partial charge in [0, 0.05) is 0 Å². The van der Waals surface area contributed by atoms with E-state index in [-0.39, 0.29) is 12.1 Å². The number of hydrogen-bond donors (Lipinski definition) is 0. The molecule has 1 saturated heterocycles. The molecule has 1 heterocycles. The van der Waals surface area contributed by atoms with Crippen LogP contribution in [0.4, 0.5) is 0 Å². The van der Waals surface area contributed by atoms with Crippen LogP contribution < -0.4 is 0 Å². The van der Waals surface area contributed by atoms with Crippen LogP contribution in [0.5, 0.6) is 0 Å². The summed E-state index contributed by atoms with van der Waals surface area (Å²) in [6, 6.07) is 0. The van der Waals surface area contributed by atoms with E-state index in [2.05, 4.69) is 6.58 Å². The summed E-state index contributed by atoms with van der Waals surface area (Å²) in [4.78, 5) is 10.8. The lowest BCUT2D eigenvalue weighted by Crippen LogP contribution is -2.34. The first-order valence-corrected chi connectivity index (χ1v) is 3.17. The lowest BCUT2D eigenvalue weighted by molar-refractivity contribution is -0.168. The van der Waals surface area contributed by atoms with E-state index >= 15 is 0 Å². The number of carbonyl (C=O) groups is 1. The van der Waals surface area contributed by atoms with E-state index in [9.17, 15) is 4.79 Å². The van der Waals surface area contributed by atoms with E-state index in [1.165, 1.54) is 0 Å². The smallest absolute Gasteiger partial charge is 0.347 e.